The molecular formula is C16H26N6O7S. The maximum absolute atomic E-state index is 12.7. The number of likely N-dealkylation sites (tertiary alicyclic amines) is 1. The zero-order valence-electron chi connectivity index (χ0n) is 16.1. The van der Waals surface area contributed by atoms with Crippen molar-refractivity contribution in [3.8, 4) is 0 Å². The molecule has 0 aromatic rings. The van der Waals surface area contributed by atoms with E-state index in [1.165, 1.54) is 4.90 Å². The molecule has 4 unspecified atom stereocenters. The van der Waals surface area contributed by atoms with Gasteiger partial charge in [-0.3, -0.25) is 24.0 Å². The number of rotatable bonds is 11. The summed E-state index contributed by atoms with van der Waals surface area (Å²) < 4.78 is 0. The van der Waals surface area contributed by atoms with Crippen LogP contribution in [0, 0.1) is 0 Å². The molecule has 1 saturated heterocycles. The zero-order valence-corrected chi connectivity index (χ0v) is 17.0. The van der Waals surface area contributed by atoms with Crippen LogP contribution in [0.15, 0.2) is 0 Å². The van der Waals surface area contributed by atoms with Crippen molar-refractivity contribution in [2.24, 2.45) is 17.2 Å². The van der Waals surface area contributed by atoms with Crippen molar-refractivity contribution >= 4 is 48.1 Å². The van der Waals surface area contributed by atoms with Gasteiger partial charge < -0.3 is 37.8 Å². The van der Waals surface area contributed by atoms with E-state index in [1.807, 2.05) is 0 Å². The molecule has 0 aromatic heterocycles. The summed E-state index contributed by atoms with van der Waals surface area (Å²) in [5.74, 6) is -5.58. The minimum atomic E-state index is -1.45. The van der Waals surface area contributed by atoms with Crippen LogP contribution in [-0.4, -0.2) is 82.0 Å². The van der Waals surface area contributed by atoms with Gasteiger partial charge in [-0.05, 0) is 12.8 Å². The molecule has 0 radical (unpaired) electrons. The molecule has 0 spiro atoms. The second-order valence-corrected chi connectivity index (χ2v) is 7.15. The lowest BCUT2D eigenvalue weighted by Gasteiger charge is -2.28. The number of hydrogen-bond donors (Lipinski definition) is 7. The number of primary amides is 2. The summed E-state index contributed by atoms with van der Waals surface area (Å²) in [7, 11) is 0. The third-order valence-electron chi connectivity index (χ3n) is 4.41. The molecule has 1 rings (SSSR count). The lowest BCUT2D eigenvalue weighted by atomic mass is 10.1. The Morgan fingerprint density at radius 2 is 1.63 bits per heavy atom. The first-order valence-corrected chi connectivity index (χ1v) is 9.68. The third-order valence-corrected chi connectivity index (χ3v) is 4.78. The van der Waals surface area contributed by atoms with Crippen molar-refractivity contribution in [2.75, 3.05) is 12.3 Å². The minimum absolute atomic E-state index is 0.205. The van der Waals surface area contributed by atoms with E-state index >= 15 is 0 Å². The van der Waals surface area contributed by atoms with Gasteiger partial charge in [-0.25, -0.2) is 4.79 Å². The van der Waals surface area contributed by atoms with Gasteiger partial charge >= 0.3 is 5.97 Å². The van der Waals surface area contributed by atoms with Crippen molar-refractivity contribution in [1.29, 1.82) is 0 Å². The van der Waals surface area contributed by atoms with Gasteiger partial charge in [0.1, 0.15) is 18.1 Å². The number of nitrogens with one attached hydrogen (secondary N) is 2. The van der Waals surface area contributed by atoms with Crippen LogP contribution in [0.3, 0.4) is 0 Å². The van der Waals surface area contributed by atoms with Crippen molar-refractivity contribution in [2.45, 2.75) is 49.9 Å². The predicted octanol–water partition coefficient (Wildman–Crippen LogP) is -3.96. The van der Waals surface area contributed by atoms with E-state index in [4.69, 9.17) is 22.3 Å². The minimum Gasteiger partial charge on any atom is -0.480 e. The molecule has 30 heavy (non-hydrogen) atoms. The second kappa shape index (κ2) is 11.3. The van der Waals surface area contributed by atoms with E-state index in [2.05, 4.69) is 23.3 Å². The Hall–Kier alpha value is -2.87. The number of carbonyl (C=O) groups excluding carboxylic acids is 5. The second-order valence-electron chi connectivity index (χ2n) is 6.78. The Balaban J connectivity index is 2.90. The Bertz CT molecular complexity index is 718. The number of amides is 5. The van der Waals surface area contributed by atoms with E-state index in [9.17, 15) is 28.8 Å². The number of carboxylic acids is 1. The number of hydrogen-bond acceptors (Lipinski definition) is 8. The van der Waals surface area contributed by atoms with Crippen LogP contribution in [0.25, 0.3) is 0 Å². The largest absolute Gasteiger partial charge is 0.480 e. The first-order chi connectivity index (χ1) is 14.0. The fraction of sp³-hybridized carbons (Fsp3) is 0.625. The van der Waals surface area contributed by atoms with E-state index in [1.54, 1.807) is 0 Å². The molecule has 168 valence electrons. The summed E-state index contributed by atoms with van der Waals surface area (Å²) in [5.41, 5.74) is 15.8. The quantitative estimate of drug-likeness (QED) is 0.154. The van der Waals surface area contributed by atoms with Crippen LogP contribution < -0.4 is 27.8 Å². The SMILES string of the molecule is NC(=O)CC(N)C(=O)N1CCCC1C(=O)NC(CC(N)=O)C(=O)NC(CS)C(=O)O. The number of thiol groups is 1. The van der Waals surface area contributed by atoms with Crippen molar-refractivity contribution in [1.82, 2.24) is 15.5 Å². The van der Waals surface area contributed by atoms with Gasteiger partial charge in [0.05, 0.1) is 18.9 Å². The topological polar surface area (TPSA) is 228 Å². The van der Waals surface area contributed by atoms with Crippen LogP contribution in [0.2, 0.25) is 0 Å². The molecule has 1 fully saturated rings. The highest BCUT2D eigenvalue weighted by Gasteiger charge is 2.38. The van der Waals surface area contributed by atoms with Gasteiger partial charge in [0.15, 0.2) is 0 Å². The summed E-state index contributed by atoms with van der Waals surface area (Å²) in [6.07, 6.45) is -0.240. The fourth-order valence-electron chi connectivity index (χ4n) is 2.96. The lowest BCUT2D eigenvalue weighted by molar-refractivity contribution is -0.143. The van der Waals surface area contributed by atoms with Gasteiger partial charge in [0.2, 0.25) is 29.5 Å². The Morgan fingerprint density at radius 3 is 2.13 bits per heavy atom. The number of carboxylic acid groups (broad SMARTS) is 1. The average Bonchev–Trinajstić information content (AvgIpc) is 3.13. The van der Waals surface area contributed by atoms with Gasteiger partial charge in [-0.15, -0.1) is 0 Å². The maximum atomic E-state index is 12.7. The lowest BCUT2D eigenvalue weighted by Crippen LogP contribution is -2.57. The van der Waals surface area contributed by atoms with Crippen LogP contribution in [0.5, 0.6) is 0 Å². The summed E-state index contributed by atoms with van der Waals surface area (Å²) in [5, 5.41) is 13.5. The summed E-state index contributed by atoms with van der Waals surface area (Å²) >= 11 is 3.82. The monoisotopic (exact) mass is 446 g/mol. The highest BCUT2D eigenvalue weighted by Crippen LogP contribution is 2.19. The van der Waals surface area contributed by atoms with Gasteiger partial charge in [0.25, 0.3) is 0 Å². The van der Waals surface area contributed by atoms with Crippen LogP contribution in [0.4, 0.5) is 0 Å². The smallest absolute Gasteiger partial charge is 0.327 e. The van der Waals surface area contributed by atoms with Gasteiger partial charge in [0, 0.05) is 12.3 Å². The van der Waals surface area contributed by atoms with Crippen molar-refractivity contribution in [3.63, 3.8) is 0 Å². The van der Waals surface area contributed by atoms with Crippen LogP contribution in [0.1, 0.15) is 25.7 Å². The molecule has 1 aliphatic heterocycles. The van der Waals surface area contributed by atoms with E-state index < -0.39 is 72.5 Å². The molecule has 1 aliphatic rings. The summed E-state index contributed by atoms with van der Waals surface area (Å²) in [6.45, 7) is 0.205. The van der Waals surface area contributed by atoms with E-state index in [-0.39, 0.29) is 18.7 Å². The standard InChI is InChI=1S/C16H26N6O7S/c17-7(4-11(18)23)15(27)22-3-1-2-10(22)14(26)20-8(5-12(19)24)13(25)21-9(6-30)16(28)29/h7-10,30H,1-6,17H2,(H2,18,23)(H2,19,24)(H,20,26)(H,21,25)(H,28,29). The van der Waals surface area contributed by atoms with Crippen molar-refractivity contribution in [3.05, 3.63) is 0 Å². The van der Waals surface area contributed by atoms with Crippen LogP contribution >= 0.6 is 12.6 Å². The predicted molar refractivity (Wildman–Crippen MR) is 106 cm³/mol. The van der Waals surface area contributed by atoms with Gasteiger partial charge in [-0.2, -0.15) is 12.6 Å². The molecule has 0 aromatic carbocycles. The first-order valence-electron chi connectivity index (χ1n) is 9.05. The van der Waals surface area contributed by atoms with Crippen LogP contribution in [-0.2, 0) is 28.8 Å². The molecule has 4 atom stereocenters. The Kier molecular flexibility index (Phi) is 9.52. The summed E-state index contributed by atoms with van der Waals surface area (Å²) in [6, 6.07) is -5.00. The Morgan fingerprint density at radius 1 is 1.03 bits per heavy atom. The molecule has 14 heteroatoms. The fourth-order valence-corrected chi connectivity index (χ4v) is 3.20. The highest BCUT2D eigenvalue weighted by atomic mass is 32.1. The molecule has 0 aliphatic carbocycles. The number of nitrogens with two attached hydrogens (primary N) is 3. The third kappa shape index (κ3) is 7.18. The highest BCUT2D eigenvalue weighted by molar-refractivity contribution is 7.80. The van der Waals surface area contributed by atoms with E-state index in [0.717, 1.165) is 0 Å². The molecule has 0 saturated carbocycles. The zero-order chi connectivity index (χ0) is 23.0. The average molecular weight is 446 g/mol. The molecule has 1 heterocycles. The molecule has 9 N–H and O–H groups in total. The molecule has 0 bridgehead atoms. The number of carbonyl (C=O) groups is 6. The number of aliphatic carboxylic acids is 1. The van der Waals surface area contributed by atoms with E-state index in [0.29, 0.717) is 6.42 Å². The number of nitrogens with zero attached hydrogens (tertiary/aromatic N) is 1. The Labute approximate surface area is 177 Å². The first kappa shape index (κ1) is 25.2. The normalized spacial score (nSPS) is 18.7. The molecular weight excluding hydrogens is 420 g/mol. The summed E-state index contributed by atoms with van der Waals surface area (Å²) in [4.78, 5) is 72.0. The van der Waals surface area contributed by atoms with Crippen molar-refractivity contribution < 1.29 is 33.9 Å². The van der Waals surface area contributed by atoms with Gasteiger partial charge in [-0.1, -0.05) is 0 Å². The molecule has 13 nitrogen and oxygen atoms in total. The maximum Gasteiger partial charge on any atom is 0.327 e. The molecule has 5 amide bonds.